The van der Waals surface area contributed by atoms with Crippen LogP contribution >= 0.6 is 23.6 Å². The Labute approximate surface area is 144 Å². The summed E-state index contributed by atoms with van der Waals surface area (Å²) in [6.07, 6.45) is 0. The molecule has 122 valence electrons. The van der Waals surface area contributed by atoms with Crippen LogP contribution in [-0.4, -0.2) is 20.6 Å². The summed E-state index contributed by atoms with van der Waals surface area (Å²) >= 11 is 6.61. The van der Waals surface area contributed by atoms with Gasteiger partial charge in [0.15, 0.2) is 3.95 Å². The fourth-order valence-corrected chi connectivity index (χ4v) is 3.61. The predicted octanol–water partition coefficient (Wildman–Crippen LogP) is 4.11. The fraction of sp³-hybridized carbons (Fsp3) is 0.0667. The molecule has 7 nitrogen and oxygen atoms in total. The molecule has 0 saturated heterocycles. The van der Waals surface area contributed by atoms with E-state index in [0.29, 0.717) is 16.3 Å². The lowest BCUT2D eigenvalue weighted by Crippen LogP contribution is -2.08. The number of hydrogen-bond donors (Lipinski definition) is 2. The number of nitro benzene ring substituents is 1. The van der Waals surface area contributed by atoms with E-state index in [0.717, 1.165) is 10.2 Å². The van der Waals surface area contributed by atoms with E-state index < -0.39 is 10.9 Å². The van der Waals surface area contributed by atoms with Crippen LogP contribution < -0.4 is 5.32 Å². The Balaban J connectivity index is 1.89. The minimum Gasteiger partial charge on any atom is -0.478 e. The van der Waals surface area contributed by atoms with Gasteiger partial charge in [0.1, 0.15) is 0 Å². The number of carbonyl (C=O) groups is 1. The Morgan fingerprint density at radius 1 is 1.33 bits per heavy atom. The maximum Gasteiger partial charge on any atom is 0.335 e. The van der Waals surface area contributed by atoms with Crippen molar-refractivity contribution in [3.8, 4) is 0 Å². The first-order valence-corrected chi connectivity index (χ1v) is 8.03. The first-order valence-electron chi connectivity index (χ1n) is 6.81. The zero-order chi connectivity index (χ0) is 17.3. The largest absolute Gasteiger partial charge is 0.478 e. The normalized spacial score (nSPS) is 10.7. The predicted molar refractivity (Wildman–Crippen MR) is 94.3 cm³/mol. The molecular formula is C15H11N3O4S2. The highest BCUT2D eigenvalue weighted by molar-refractivity contribution is 7.73. The number of thiazole rings is 1. The zero-order valence-electron chi connectivity index (χ0n) is 12.1. The Bertz CT molecular complexity index is 1010. The number of anilines is 1. The molecule has 0 saturated carbocycles. The number of rotatable bonds is 5. The number of non-ortho nitro benzene ring substituents is 1. The Morgan fingerprint density at radius 2 is 2.12 bits per heavy atom. The van der Waals surface area contributed by atoms with Crippen molar-refractivity contribution in [3.05, 3.63) is 62.1 Å². The second kappa shape index (κ2) is 6.38. The van der Waals surface area contributed by atoms with E-state index in [1.54, 1.807) is 18.2 Å². The van der Waals surface area contributed by atoms with Crippen molar-refractivity contribution in [3.63, 3.8) is 0 Å². The average molecular weight is 361 g/mol. The third-order valence-corrected chi connectivity index (χ3v) is 4.83. The number of nitrogens with zero attached hydrogens (tertiary/aromatic N) is 2. The molecule has 0 aliphatic carbocycles. The molecule has 0 fully saturated rings. The molecule has 3 rings (SSSR count). The smallest absolute Gasteiger partial charge is 0.335 e. The summed E-state index contributed by atoms with van der Waals surface area (Å²) in [5.74, 6) is -0.997. The van der Waals surface area contributed by atoms with Crippen LogP contribution in [0.1, 0.15) is 10.4 Å². The zero-order valence-corrected chi connectivity index (χ0v) is 13.8. The van der Waals surface area contributed by atoms with Crippen LogP contribution in [0.2, 0.25) is 0 Å². The van der Waals surface area contributed by atoms with Gasteiger partial charge in [0, 0.05) is 17.8 Å². The van der Waals surface area contributed by atoms with Gasteiger partial charge in [0.25, 0.3) is 5.69 Å². The van der Waals surface area contributed by atoms with E-state index in [9.17, 15) is 14.9 Å². The summed E-state index contributed by atoms with van der Waals surface area (Å²) in [6, 6.07) is 11.1. The molecule has 0 spiro atoms. The molecule has 0 atom stereocenters. The summed E-state index contributed by atoms with van der Waals surface area (Å²) in [7, 11) is 0. The van der Waals surface area contributed by atoms with Gasteiger partial charge in [0.05, 0.1) is 27.4 Å². The molecule has 0 amide bonds. The third kappa shape index (κ3) is 3.12. The highest BCUT2D eigenvalue weighted by Gasteiger charge is 2.11. The first-order chi connectivity index (χ1) is 11.5. The number of carboxylic acids is 1. The van der Waals surface area contributed by atoms with Gasteiger partial charge in [-0.25, -0.2) is 4.79 Å². The number of nitro groups is 1. The van der Waals surface area contributed by atoms with Crippen molar-refractivity contribution < 1.29 is 14.8 Å². The number of fused-ring (bicyclic) bond motifs is 1. The van der Waals surface area contributed by atoms with Crippen LogP contribution in [0.5, 0.6) is 0 Å². The second-order valence-electron chi connectivity index (χ2n) is 4.93. The molecule has 0 aliphatic heterocycles. The van der Waals surface area contributed by atoms with Crippen molar-refractivity contribution in [1.82, 2.24) is 4.57 Å². The molecule has 0 unspecified atom stereocenters. The molecule has 2 aromatic carbocycles. The molecule has 0 aliphatic rings. The fourth-order valence-electron chi connectivity index (χ4n) is 2.25. The molecule has 0 bridgehead atoms. The number of hydrogen-bond acceptors (Lipinski definition) is 6. The minimum absolute atomic E-state index is 0.0213. The van der Waals surface area contributed by atoms with E-state index in [-0.39, 0.29) is 11.3 Å². The first kappa shape index (κ1) is 16.1. The van der Waals surface area contributed by atoms with Crippen LogP contribution in [0.4, 0.5) is 11.4 Å². The average Bonchev–Trinajstić information content (AvgIpc) is 2.87. The lowest BCUT2D eigenvalue weighted by molar-refractivity contribution is -0.384. The monoisotopic (exact) mass is 361 g/mol. The summed E-state index contributed by atoms with van der Waals surface area (Å²) in [5.41, 5.74) is 1.65. The molecular weight excluding hydrogens is 350 g/mol. The summed E-state index contributed by atoms with van der Waals surface area (Å²) in [6.45, 7) is 0.333. The van der Waals surface area contributed by atoms with Crippen LogP contribution in [0.3, 0.4) is 0 Å². The van der Waals surface area contributed by atoms with Gasteiger partial charge in [-0.3, -0.25) is 10.1 Å². The van der Waals surface area contributed by atoms with Crippen molar-refractivity contribution in [2.45, 2.75) is 6.67 Å². The number of nitrogens with one attached hydrogen (secondary N) is 1. The van der Waals surface area contributed by atoms with Crippen LogP contribution in [0.25, 0.3) is 10.2 Å². The van der Waals surface area contributed by atoms with E-state index in [1.165, 1.54) is 35.6 Å². The van der Waals surface area contributed by atoms with Gasteiger partial charge in [-0.15, -0.1) is 11.3 Å². The maximum absolute atomic E-state index is 11.0. The highest BCUT2D eigenvalue weighted by Crippen LogP contribution is 2.27. The van der Waals surface area contributed by atoms with Gasteiger partial charge >= 0.3 is 5.97 Å². The van der Waals surface area contributed by atoms with Gasteiger partial charge in [-0.1, -0.05) is 6.07 Å². The van der Waals surface area contributed by atoms with Gasteiger partial charge < -0.3 is 15.0 Å². The summed E-state index contributed by atoms with van der Waals surface area (Å²) in [4.78, 5) is 21.4. The van der Waals surface area contributed by atoms with Crippen molar-refractivity contribution >= 4 is 51.1 Å². The van der Waals surface area contributed by atoms with Crippen LogP contribution in [0.15, 0.2) is 42.5 Å². The molecule has 1 heterocycles. The molecule has 9 heteroatoms. The van der Waals surface area contributed by atoms with Gasteiger partial charge in [-0.05, 0) is 36.5 Å². The van der Waals surface area contributed by atoms with E-state index in [4.69, 9.17) is 17.3 Å². The van der Waals surface area contributed by atoms with E-state index >= 15 is 0 Å². The maximum atomic E-state index is 11.0. The van der Waals surface area contributed by atoms with Crippen molar-refractivity contribution in [2.24, 2.45) is 0 Å². The topological polar surface area (TPSA) is 97.4 Å². The highest BCUT2D eigenvalue weighted by atomic mass is 32.1. The number of benzene rings is 2. The van der Waals surface area contributed by atoms with Crippen molar-refractivity contribution in [2.75, 3.05) is 5.32 Å². The number of aromatic nitrogens is 1. The minimum atomic E-state index is -0.997. The second-order valence-corrected chi connectivity index (χ2v) is 6.60. The van der Waals surface area contributed by atoms with Crippen LogP contribution in [0, 0.1) is 14.1 Å². The number of aromatic carboxylic acids is 1. The lowest BCUT2D eigenvalue weighted by atomic mass is 10.2. The van der Waals surface area contributed by atoms with Gasteiger partial charge in [-0.2, -0.15) is 0 Å². The van der Waals surface area contributed by atoms with Crippen molar-refractivity contribution in [1.29, 1.82) is 0 Å². The molecule has 0 radical (unpaired) electrons. The standard InChI is InChI=1S/C15H11N3O4S2/c19-14(20)9-2-1-3-10(6-9)16-8-17-12-5-4-11(18(21)22)7-13(12)24-15(17)23/h1-7,16H,8H2,(H,19,20). The third-order valence-electron chi connectivity index (χ3n) is 3.41. The van der Waals surface area contributed by atoms with Gasteiger partial charge in [0.2, 0.25) is 0 Å². The Morgan fingerprint density at radius 3 is 2.83 bits per heavy atom. The summed E-state index contributed by atoms with van der Waals surface area (Å²) < 4.78 is 3.12. The molecule has 2 N–H and O–H groups in total. The molecule has 3 aromatic rings. The Kier molecular flexibility index (Phi) is 4.28. The number of carboxylic acid groups (broad SMARTS) is 1. The molecule has 1 aromatic heterocycles. The Hall–Kier alpha value is -2.78. The molecule has 24 heavy (non-hydrogen) atoms. The van der Waals surface area contributed by atoms with E-state index in [2.05, 4.69) is 5.32 Å². The quantitative estimate of drug-likeness (QED) is 0.403. The van der Waals surface area contributed by atoms with Crippen LogP contribution in [-0.2, 0) is 6.67 Å². The van der Waals surface area contributed by atoms with E-state index in [1.807, 2.05) is 4.57 Å². The summed E-state index contributed by atoms with van der Waals surface area (Å²) in [5, 5.41) is 23.0. The SMILES string of the molecule is O=C(O)c1cccc(NCn2c(=S)sc3cc([N+](=O)[O-])ccc32)c1. The lowest BCUT2D eigenvalue weighted by Gasteiger charge is -2.09.